The number of carboxylic acid groups (broad SMARTS) is 1. The first-order valence-corrected chi connectivity index (χ1v) is 10.8. The van der Waals surface area contributed by atoms with E-state index in [2.05, 4.69) is 43.4 Å². The summed E-state index contributed by atoms with van der Waals surface area (Å²) in [6.45, 7) is 4.56. The Kier molecular flexibility index (Phi) is 7.68. The third kappa shape index (κ3) is 7.04. The van der Waals surface area contributed by atoms with E-state index >= 15 is 0 Å². The van der Waals surface area contributed by atoms with Crippen molar-refractivity contribution in [1.29, 1.82) is 0 Å². The summed E-state index contributed by atoms with van der Waals surface area (Å²) >= 11 is 0. The van der Waals surface area contributed by atoms with Crippen LogP contribution in [0, 0.1) is 11.7 Å². The second-order valence-corrected chi connectivity index (χ2v) is 9.14. The van der Waals surface area contributed by atoms with Crippen LogP contribution in [-0.2, 0) is 24.1 Å². The summed E-state index contributed by atoms with van der Waals surface area (Å²) < 4.78 is 19.5. The van der Waals surface area contributed by atoms with Gasteiger partial charge >= 0.3 is 5.97 Å². The fraction of sp³-hybridized carbons (Fsp3) is 0.480. The molecule has 0 bridgehead atoms. The maximum Gasteiger partial charge on any atom is 0.303 e. The van der Waals surface area contributed by atoms with Gasteiger partial charge in [-0.1, -0.05) is 30.3 Å². The number of ether oxygens (including phenoxy) is 1. The standard InChI is InChI=1S/C25H32FNO4/c1-25(2,14-18-11-19-5-3-4-6-20(19)12-18)27-15-21(28)16-31-23-13-17(7-9-22(23)26)8-10-24(29)30/h3-7,9,13,18,21,27-28H,8,10-12,14-16H2,1-2H3,(H,29,30)/t21-/m1/s1. The first-order valence-electron chi connectivity index (χ1n) is 10.8. The number of benzene rings is 2. The lowest BCUT2D eigenvalue weighted by Gasteiger charge is -2.30. The first-order chi connectivity index (χ1) is 14.7. The van der Waals surface area contributed by atoms with Gasteiger partial charge in [-0.3, -0.25) is 4.79 Å². The molecule has 0 unspecified atom stereocenters. The third-order valence-corrected chi connectivity index (χ3v) is 5.81. The number of carboxylic acids is 1. The van der Waals surface area contributed by atoms with Crippen molar-refractivity contribution in [2.75, 3.05) is 13.2 Å². The van der Waals surface area contributed by atoms with Gasteiger partial charge < -0.3 is 20.3 Å². The molecule has 2 aromatic rings. The lowest BCUT2D eigenvalue weighted by Crippen LogP contribution is -2.46. The van der Waals surface area contributed by atoms with E-state index < -0.39 is 17.9 Å². The van der Waals surface area contributed by atoms with Crippen molar-refractivity contribution < 1.29 is 24.1 Å². The molecule has 0 amide bonds. The molecule has 0 aliphatic heterocycles. The highest BCUT2D eigenvalue weighted by Crippen LogP contribution is 2.31. The Balaban J connectivity index is 1.44. The van der Waals surface area contributed by atoms with E-state index in [0.29, 0.717) is 24.4 Å². The molecule has 6 heteroatoms. The van der Waals surface area contributed by atoms with E-state index in [1.165, 1.54) is 23.3 Å². The predicted molar refractivity (Wildman–Crippen MR) is 118 cm³/mol. The minimum absolute atomic E-state index is 0.0290. The molecule has 0 saturated carbocycles. The summed E-state index contributed by atoms with van der Waals surface area (Å²) in [4.78, 5) is 10.7. The van der Waals surface area contributed by atoms with Crippen LogP contribution in [0.25, 0.3) is 0 Å². The first kappa shape index (κ1) is 23.2. The Labute approximate surface area is 183 Å². The maximum atomic E-state index is 14.0. The van der Waals surface area contributed by atoms with Gasteiger partial charge in [-0.25, -0.2) is 4.39 Å². The number of carbonyl (C=O) groups is 1. The van der Waals surface area contributed by atoms with Crippen LogP contribution in [0.5, 0.6) is 5.75 Å². The molecule has 5 nitrogen and oxygen atoms in total. The molecular weight excluding hydrogens is 397 g/mol. The average Bonchev–Trinajstić information content (AvgIpc) is 3.12. The number of nitrogens with one attached hydrogen (secondary N) is 1. The maximum absolute atomic E-state index is 14.0. The molecule has 0 saturated heterocycles. The van der Waals surface area contributed by atoms with Crippen LogP contribution in [0.2, 0.25) is 0 Å². The number of aliphatic hydroxyl groups excluding tert-OH is 1. The smallest absolute Gasteiger partial charge is 0.303 e. The Morgan fingerprint density at radius 3 is 2.55 bits per heavy atom. The van der Waals surface area contributed by atoms with Crippen LogP contribution < -0.4 is 10.1 Å². The summed E-state index contributed by atoms with van der Waals surface area (Å²) in [6.07, 6.45) is 2.65. The molecule has 168 valence electrons. The van der Waals surface area contributed by atoms with Gasteiger partial charge in [0, 0.05) is 18.5 Å². The lowest BCUT2D eigenvalue weighted by molar-refractivity contribution is -0.136. The van der Waals surface area contributed by atoms with E-state index in [9.17, 15) is 14.3 Å². The quantitative estimate of drug-likeness (QED) is 0.507. The zero-order chi connectivity index (χ0) is 22.4. The summed E-state index contributed by atoms with van der Waals surface area (Å²) in [7, 11) is 0. The minimum Gasteiger partial charge on any atom is -0.488 e. The molecular formula is C25H32FNO4. The highest BCUT2D eigenvalue weighted by atomic mass is 19.1. The molecule has 0 fully saturated rings. The second-order valence-electron chi connectivity index (χ2n) is 9.14. The van der Waals surface area contributed by atoms with Crippen LogP contribution in [0.4, 0.5) is 4.39 Å². The minimum atomic E-state index is -0.905. The fourth-order valence-electron chi connectivity index (χ4n) is 4.29. The van der Waals surface area contributed by atoms with E-state index in [4.69, 9.17) is 9.84 Å². The van der Waals surface area contributed by atoms with E-state index in [1.807, 2.05) is 0 Å². The van der Waals surface area contributed by atoms with Gasteiger partial charge in [0.15, 0.2) is 11.6 Å². The van der Waals surface area contributed by atoms with Crippen molar-refractivity contribution in [3.63, 3.8) is 0 Å². The number of aryl methyl sites for hydroxylation is 1. The molecule has 0 aromatic heterocycles. The summed E-state index contributed by atoms with van der Waals surface area (Å²) in [5.74, 6) is -0.821. The number of hydrogen-bond acceptors (Lipinski definition) is 4. The van der Waals surface area contributed by atoms with Crippen LogP contribution in [-0.4, -0.2) is 41.0 Å². The third-order valence-electron chi connectivity index (χ3n) is 5.81. The summed E-state index contributed by atoms with van der Waals surface area (Å²) in [5.41, 5.74) is 3.41. The highest BCUT2D eigenvalue weighted by molar-refractivity contribution is 5.67. The Hall–Kier alpha value is -2.44. The molecule has 0 spiro atoms. The number of aliphatic carboxylic acids is 1. The van der Waals surface area contributed by atoms with Gasteiger partial charge in [0.05, 0.1) is 0 Å². The van der Waals surface area contributed by atoms with Crippen LogP contribution in [0.3, 0.4) is 0 Å². The average molecular weight is 430 g/mol. The topological polar surface area (TPSA) is 78.8 Å². The lowest BCUT2D eigenvalue weighted by atomic mass is 9.88. The predicted octanol–water partition coefficient (Wildman–Crippen LogP) is 3.76. The van der Waals surface area contributed by atoms with Crippen molar-refractivity contribution in [2.24, 2.45) is 5.92 Å². The molecule has 0 radical (unpaired) electrons. The zero-order valence-corrected chi connectivity index (χ0v) is 18.2. The largest absolute Gasteiger partial charge is 0.488 e. The molecule has 1 atom stereocenters. The molecule has 1 aliphatic rings. The van der Waals surface area contributed by atoms with Crippen LogP contribution in [0.1, 0.15) is 43.4 Å². The summed E-state index contributed by atoms with van der Waals surface area (Å²) in [5, 5.41) is 22.5. The SMILES string of the molecule is CC(C)(CC1Cc2ccccc2C1)NC[C@@H](O)COc1cc(CCC(=O)O)ccc1F. The Morgan fingerprint density at radius 1 is 1.23 bits per heavy atom. The second kappa shape index (κ2) is 10.2. The molecule has 3 rings (SSSR count). The van der Waals surface area contributed by atoms with Gasteiger partial charge in [-0.15, -0.1) is 0 Å². The molecule has 2 aromatic carbocycles. The number of rotatable bonds is 11. The molecule has 31 heavy (non-hydrogen) atoms. The van der Waals surface area contributed by atoms with E-state index in [-0.39, 0.29) is 24.3 Å². The fourth-order valence-corrected chi connectivity index (χ4v) is 4.29. The number of aliphatic hydroxyl groups is 1. The Morgan fingerprint density at radius 2 is 1.90 bits per heavy atom. The van der Waals surface area contributed by atoms with Crippen molar-refractivity contribution in [1.82, 2.24) is 5.32 Å². The number of β-amino-alcohol motifs (C(OH)–C–C–N with tert-alkyl or cyclic N) is 1. The number of halogens is 1. The number of fused-ring (bicyclic) bond motifs is 1. The van der Waals surface area contributed by atoms with Gasteiger partial charge in [0.2, 0.25) is 0 Å². The van der Waals surface area contributed by atoms with Crippen molar-refractivity contribution in [2.45, 2.75) is 57.6 Å². The molecule has 0 heterocycles. The zero-order valence-electron chi connectivity index (χ0n) is 18.2. The van der Waals surface area contributed by atoms with E-state index in [1.54, 1.807) is 6.07 Å². The molecule has 1 aliphatic carbocycles. The highest BCUT2D eigenvalue weighted by Gasteiger charge is 2.28. The normalized spacial score (nSPS) is 15.0. The van der Waals surface area contributed by atoms with Gasteiger partial charge in [0.25, 0.3) is 0 Å². The van der Waals surface area contributed by atoms with Crippen molar-refractivity contribution in [3.05, 3.63) is 65.0 Å². The molecule has 3 N–H and O–H groups in total. The number of hydrogen-bond donors (Lipinski definition) is 3. The van der Waals surface area contributed by atoms with Gasteiger partial charge in [-0.2, -0.15) is 0 Å². The van der Waals surface area contributed by atoms with Crippen LogP contribution in [0.15, 0.2) is 42.5 Å². The van der Waals surface area contributed by atoms with Gasteiger partial charge in [-0.05, 0) is 74.3 Å². The summed E-state index contributed by atoms with van der Waals surface area (Å²) in [6, 6.07) is 12.9. The van der Waals surface area contributed by atoms with Crippen molar-refractivity contribution >= 4 is 5.97 Å². The Bertz CT molecular complexity index is 874. The van der Waals surface area contributed by atoms with Gasteiger partial charge in [0.1, 0.15) is 12.7 Å². The van der Waals surface area contributed by atoms with Crippen LogP contribution >= 0.6 is 0 Å². The van der Waals surface area contributed by atoms with E-state index in [0.717, 1.165) is 19.3 Å². The monoisotopic (exact) mass is 429 g/mol. The van der Waals surface area contributed by atoms with Crippen molar-refractivity contribution in [3.8, 4) is 5.75 Å².